The van der Waals surface area contributed by atoms with Crippen molar-refractivity contribution in [2.45, 2.75) is 25.5 Å². The van der Waals surface area contributed by atoms with E-state index in [2.05, 4.69) is 0 Å². The van der Waals surface area contributed by atoms with Gasteiger partial charge in [0.25, 0.3) is 0 Å². The predicted molar refractivity (Wildman–Crippen MR) is 139 cm³/mol. The first-order valence-electron chi connectivity index (χ1n) is 12.9. The molecule has 0 saturated carbocycles. The molecule has 3 aromatic rings. The Morgan fingerprint density at radius 2 is 1.63 bits per heavy atom. The molecule has 3 aromatic carbocycles. The number of rotatable bonds is 8. The van der Waals surface area contributed by atoms with Crippen LogP contribution in [-0.2, 0) is 11.3 Å². The summed E-state index contributed by atoms with van der Waals surface area (Å²) in [4.78, 5) is 27.9. The lowest BCUT2D eigenvalue weighted by Crippen LogP contribution is -2.66. The second-order valence-electron chi connectivity index (χ2n) is 10.2. The van der Waals surface area contributed by atoms with E-state index in [-0.39, 0.29) is 35.9 Å². The molecular weight excluding hydrogens is 490 g/mol. The van der Waals surface area contributed by atoms with Crippen molar-refractivity contribution in [3.8, 4) is 5.75 Å². The third-order valence-electron chi connectivity index (χ3n) is 7.80. The molecule has 1 atom stereocenters. The Labute approximate surface area is 221 Å². The Morgan fingerprint density at radius 3 is 2.29 bits per heavy atom. The third kappa shape index (κ3) is 5.55. The highest BCUT2D eigenvalue weighted by atomic mass is 19.1. The first-order valence-corrected chi connectivity index (χ1v) is 12.9. The zero-order chi connectivity index (χ0) is 26.7. The van der Waals surface area contributed by atoms with Crippen molar-refractivity contribution in [1.29, 1.82) is 0 Å². The maximum absolute atomic E-state index is 14.8. The molecule has 0 N–H and O–H groups in total. The Morgan fingerprint density at radius 1 is 0.947 bits per heavy atom. The summed E-state index contributed by atoms with van der Waals surface area (Å²) in [5, 5.41) is 0. The minimum atomic E-state index is -0.655. The zero-order valence-corrected chi connectivity index (χ0v) is 21.3. The molecule has 0 radical (unpaired) electrons. The molecule has 0 spiro atoms. The van der Waals surface area contributed by atoms with Gasteiger partial charge in [0.05, 0.1) is 32.4 Å². The number of amides is 1. The molecule has 1 unspecified atom stereocenters. The molecule has 8 heteroatoms. The van der Waals surface area contributed by atoms with Crippen LogP contribution < -0.4 is 9.64 Å². The standard InChI is InChI=1S/C30H31F2N2O4/c1-37-25-12-8-22(9-13-25)28(35)19-34-16-14-23(15-17-34)29(20-34)38-30(36)33(27-5-3-2-4-26(27)32)18-21-6-10-24(31)11-7-21/h2-13,23,29H,14-20H2,1H3/q+1. The molecule has 0 aromatic heterocycles. The van der Waals surface area contributed by atoms with E-state index in [1.54, 1.807) is 55.6 Å². The maximum Gasteiger partial charge on any atom is 0.415 e. The molecule has 2 bridgehead atoms. The van der Waals surface area contributed by atoms with Gasteiger partial charge in [-0.05, 0) is 54.1 Å². The number of quaternary nitrogens is 1. The fraction of sp³-hybridized carbons (Fsp3) is 0.333. The topological polar surface area (TPSA) is 55.8 Å². The molecule has 0 aliphatic carbocycles. The highest BCUT2D eigenvalue weighted by molar-refractivity contribution is 5.97. The van der Waals surface area contributed by atoms with Gasteiger partial charge in [-0.15, -0.1) is 0 Å². The summed E-state index contributed by atoms with van der Waals surface area (Å²) in [7, 11) is 1.58. The Balaban J connectivity index is 1.32. The van der Waals surface area contributed by atoms with Crippen molar-refractivity contribution < 1.29 is 32.3 Å². The summed E-state index contributed by atoms with van der Waals surface area (Å²) in [6.07, 6.45) is 0.672. The Kier molecular flexibility index (Phi) is 7.42. The molecular formula is C30H31F2N2O4+. The van der Waals surface area contributed by atoms with E-state index in [9.17, 15) is 18.4 Å². The number of halogens is 2. The van der Waals surface area contributed by atoms with E-state index < -0.39 is 11.9 Å². The number of hydrogen-bond donors (Lipinski definition) is 0. The van der Waals surface area contributed by atoms with Crippen molar-refractivity contribution in [2.75, 3.05) is 38.2 Å². The van der Waals surface area contributed by atoms with Crippen LogP contribution in [0.2, 0.25) is 0 Å². The van der Waals surface area contributed by atoms with Crippen LogP contribution in [-0.4, -0.2) is 55.8 Å². The van der Waals surface area contributed by atoms with Gasteiger partial charge in [0, 0.05) is 24.3 Å². The third-order valence-corrected chi connectivity index (χ3v) is 7.80. The predicted octanol–water partition coefficient (Wildman–Crippen LogP) is 5.61. The highest BCUT2D eigenvalue weighted by Crippen LogP contribution is 2.36. The molecule has 38 heavy (non-hydrogen) atoms. The van der Waals surface area contributed by atoms with E-state index in [0.29, 0.717) is 34.4 Å². The molecule has 3 heterocycles. The van der Waals surface area contributed by atoms with Crippen LogP contribution in [0.5, 0.6) is 5.75 Å². The van der Waals surface area contributed by atoms with Crippen molar-refractivity contribution in [1.82, 2.24) is 0 Å². The zero-order valence-electron chi connectivity index (χ0n) is 21.3. The maximum atomic E-state index is 14.8. The van der Waals surface area contributed by atoms with E-state index in [4.69, 9.17) is 9.47 Å². The second-order valence-corrected chi connectivity index (χ2v) is 10.2. The number of para-hydroxylation sites is 1. The Hall–Kier alpha value is -3.78. The number of fused-ring (bicyclic) bond motifs is 3. The molecule has 3 fully saturated rings. The number of nitrogens with zero attached hydrogens (tertiary/aromatic N) is 2. The average molecular weight is 522 g/mol. The summed E-state index contributed by atoms with van der Waals surface area (Å²) < 4.78 is 40.0. The number of carbonyl (C=O) groups excluding carboxylic acids is 2. The van der Waals surface area contributed by atoms with Gasteiger partial charge in [-0.25, -0.2) is 13.6 Å². The first kappa shape index (κ1) is 25.9. The van der Waals surface area contributed by atoms with Crippen LogP contribution in [0.1, 0.15) is 28.8 Å². The number of carbonyl (C=O) groups is 2. The van der Waals surface area contributed by atoms with E-state index in [0.717, 1.165) is 25.9 Å². The SMILES string of the molecule is COc1ccc(C(=O)C[N+]23CCC(CC2)C(OC(=O)N(Cc2ccc(F)cc2)c2ccccc2F)C3)cc1. The summed E-state index contributed by atoms with van der Waals surface area (Å²) in [5.74, 6) is -0.00146. The second kappa shape index (κ2) is 10.9. The van der Waals surface area contributed by atoms with E-state index in [1.165, 1.54) is 29.2 Å². The van der Waals surface area contributed by atoms with Gasteiger partial charge < -0.3 is 14.0 Å². The minimum Gasteiger partial charge on any atom is -0.497 e. The molecule has 198 valence electrons. The van der Waals surface area contributed by atoms with Crippen molar-refractivity contribution >= 4 is 17.6 Å². The molecule has 6 rings (SSSR count). The van der Waals surface area contributed by atoms with Crippen LogP contribution in [0.4, 0.5) is 19.3 Å². The Bertz CT molecular complexity index is 1290. The lowest BCUT2D eigenvalue weighted by atomic mass is 9.83. The van der Waals surface area contributed by atoms with Crippen molar-refractivity contribution in [3.63, 3.8) is 0 Å². The van der Waals surface area contributed by atoms with Crippen LogP contribution in [0.15, 0.2) is 72.8 Å². The van der Waals surface area contributed by atoms with Gasteiger partial charge >= 0.3 is 6.09 Å². The number of anilines is 1. The van der Waals surface area contributed by atoms with Crippen molar-refractivity contribution in [2.24, 2.45) is 5.92 Å². The van der Waals surface area contributed by atoms with E-state index >= 15 is 0 Å². The van der Waals surface area contributed by atoms with Gasteiger partial charge in [0.1, 0.15) is 30.5 Å². The number of piperidine rings is 3. The smallest absolute Gasteiger partial charge is 0.415 e. The van der Waals surface area contributed by atoms with Gasteiger partial charge in [-0.1, -0.05) is 24.3 Å². The average Bonchev–Trinajstić information content (AvgIpc) is 2.93. The molecule has 1 amide bonds. The number of ether oxygens (including phenoxy) is 2. The summed E-state index contributed by atoms with van der Waals surface area (Å²) >= 11 is 0. The molecule has 3 aliphatic heterocycles. The largest absolute Gasteiger partial charge is 0.497 e. The number of Topliss-reactive ketones (excluding diaryl/α,β-unsaturated/α-hetero) is 1. The number of hydrogen-bond acceptors (Lipinski definition) is 4. The van der Waals surface area contributed by atoms with Crippen LogP contribution >= 0.6 is 0 Å². The van der Waals surface area contributed by atoms with E-state index in [1.807, 2.05) is 0 Å². The van der Waals surface area contributed by atoms with Gasteiger partial charge in [0.15, 0.2) is 6.10 Å². The lowest BCUT2D eigenvalue weighted by Gasteiger charge is -2.51. The van der Waals surface area contributed by atoms with Gasteiger partial charge in [-0.3, -0.25) is 9.69 Å². The summed E-state index contributed by atoms with van der Waals surface area (Å²) in [6.45, 7) is 2.62. The fourth-order valence-corrected chi connectivity index (χ4v) is 5.63. The summed E-state index contributed by atoms with van der Waals surface area (Å²) in [5.41, 5.74) is 1.38. The van der Waals surface area contributed by atoms with Crippen LogP contribution in [0.25, 0.3) is 0 Å². The number of ketones is 1. The van der Waals surface area contributed by atoms with Gasteiger partial charge in [0.2, 0.25) is 5.78 Å². The molecule has 3 saturated heterocycles. The highest BCUT2D eigenvalue weighted by Gasteiger charge is 2.49. The quantitative estimate of drug-likeness (QED) is 0.286. The van der Waals surface area contributed by atoms with Crippen LogP contribution in [0, 0.1) is 17.6 Å². The van der Waals surface area contributed by atoms with Crippen molar-refractivity contribution in [3.05, 3.63) is 95.6 Å². The lowest BCUT2D eigenvalue weighted by molar-refractivity contribution is -0.938. The summed E-state index contributed by atoms with van der Waals surface area (Å²) in [6, 6.07) is 18.9. The fourth-order valence-electron chi connectivity index (χ4n) is 5.63. The molecule has 3 aliphatic rings. The minimum absolute atomic E-state index is 0.0351. The van der Waals surface area contributed by atoms with Gasteiger partial charge in [-0.2, -0.15) is 0 Å². The monoisotopic (exact) mass is 521 g/mol. The normalized spacial score (nSPS) is 22.1. The first-order chi connectivity index (χ1) is 18.4. The molecule has 6 nitrogen and oxygen atoms in total. The number of methoxy groups -OCH3 is 1. The number of benzene rings is 3. The van der Waals surface area contributed by atoms with Crippen LogP contribution in [0.3, 0.4) is 0 Å².